The van der Waals surface area contributed by atoms with Crippen LogP contribution in [0.5, 0.6) is 0 Å². The fourth-order valence-corrected chi connectivity index (χ4v) is 2.56. The van der Waals surface area contributed by atoms with Crippen molar-refractivity contribution >= 4 is 33.5 Å². The summed E-state index contributed by atoms with van der Waals surface area (Å²) >= 11 is 9.25. The molecular weight excluding hydrogens is 320 g/mol. The summed E-state index contributed by atoms with van der Waals surface area (Å²) in [6.07, 6.45) is -0.109. The average Bonchev–Trinajstić information content (AvgIpc) is 2.55. The molecule has 0 aliphatic heterocycles. The number of rotatable bonds is 3. The summed E-state index contributed by atoms with van der Waals surface area (Å²) < 4.78 is 2.36. The Bertz CT molecular complexity index is 593. The van der Waals surface area contributed by atoms with Crippen molar-refractivity contribution in [2.24, 2.45) is 7.05 Å². The van der Waals surface area contributed by atoms with Crippen molar-refractivity contribution < 1.29 is 9.90 Å². The van der Waals surface area contributed by atoms with Crippen LogP contribution in [0.3, 0.4) is 0 Å². The molecule has 0 fully saturated rings. The number of benzene rings is 1. The van der Waals surface area contributed by atoms with Crippen molar-refractivity contribution in [3.63, 3.8) is 0 Å². The lowest BCUT2D eigenvalue weighted by Gasteiger charge is -2.03. The molecule has 0 aliphatic rings. The van der Waals surface area contributed by atoms with Crippen LogP contribution in [0.25, 0.3) is 11.3 Å². The van der Waals surface area contributed by atoms with Crippen LogP contribution in [0, 0.1) is 0 Å². The first-order valence-corrected chi connectivity index (χ1v) is 6.35. The Balaban J connectivity index is 2.48. The van der Waals surface area contributed by atoms with Gasteiger partial charge in [-0.25, -0.2) is 0 Å². The van der Waals surface area contributed by atoms with Crippen molar-refractivity contribution in [1.29, 1.82) is 0 Å². The predicted octanol–water partition coefficient (Wildman–Crippen LogP) is 3.13. The number of hydrogen-bond acceptors (Lipinski definition) is 2. The highest BCUT2D eigenvalue weighted by molar-refractivity contribution is 9.10. The maximum atomic E-state index is 10.7. The maximum absolute atomic E-state index is 10.7. The molecule has 2 aromatic rings. The van der Waals surface area contributed by atoms with Crippen LogP contribution < -0.4 is 0 Å². The summed E-state index contributed by atoms with van der Waals surface area (Å²) in [5.74, 6) is -0.906. The van der Waals surface area contributed by atoms with Gasteiger partial charge in [0.2, 0.25) is 0 Å². The monoisotopic (exact) mass is 328 g/mol. The topological polar surface area (TPSA) is 55.1 Å². The van der Waals surface area contributed by atoms with Gasteiger partial charge in [-0.05, 0) is 28.1 Å². The quantitative estimate of drug-likeness (QED) is 0.941. The third kappa shape index (κ3) is 2.57. The molecule has 94 valence electrons. The van der Waals surface area contributed by atoms with Crippen molar-refractivity contribution in [2.75, 3.05) is 0 Å². The second-order valence-corrected chi connectivity index (χ2v) is 5.04. The van der Waals surface area contributed by atoms with Gasteiger partial charge in [-0.2, -0.15) is 5.10 Å². The molecule has 6 heteroatoms. The van der Waals surface area contributed by atoms with Crippen LogP contribution in [0.1, 0.15) is 5.69 Å². The number of nitrogens with zero attached hydrogens (tertiary/aromatic N) is 2. The summed E-state index contributed by atoms with van der Waals surface area (Å²) in [6.45, 7) is 0. The van der Waals surface area contributed by atoms with E-state index < -0.39 is 5.97 Å². The van der Waals surface area contributed by atoms with E-state index in [-0.39, 0.29) is 6.42 Å². The van der Waals surface area contributed by atoms with E-state index in [1.165, 1.54) is 0 Å². The van der Waals surface area contributed by atoms with Gasteiger partial charge in [0.25, 0.3) is 0 Å². The van der Waals surface area contributed by atoms with E-state index >= 15 is 0 Å². The van der Waals surface area contributed by atoms with Crippen LogP contribution in [-0.4, -0.2) is 20.9 Å². The number of carboxylic acid groups (broad SMARTS) is 1. The molecule has 2 rings (SSSR count). The number of halogens is 2. The van der Waals surface area contributed by atoms with Crippen LogP contribution in [0.4, 0.5) is 0 Å². The zero-order chi connectivity index (χ0) is 13.3. The molecule has 0 atom stereocenters. The normalized spacial score (nSPS) is 10.6. The minimum absolute atomic E-state index is 0.109. The molecule has 0 saturated heterocycles. The minimum Gasteiger partial charge on any atom is -0.481 e. The first-order valence-electron chi connectivity index (χ1n) is 5.18. The van der Waals surface area contributed by atoms with Crippen molar-refractivity contribution in [2.45, 2.75) is 6.42 Å². The molecule has 1 aromatic heterocycles. The van der Waals surface area contributed by atoms with E-state index in [0.717, 1.165) is 11.3 Å². The molecule has 0 amide bonds. The Kier molecular flexibility index (Phi) is 3.73. The summed E-state index contributed by atoms with van der Waals surface area (Å²) in [5.41, 5.74) is 2.27. The van der Waals surface area contributed by atoms with Crippen molar-refractivity contribution in [3.8, 4) is 11.3 Å². The lowest BCUT2D eigenvalue weighted by Crippen LogP contribution is -2.02. The molecule has 18 heavy (non-hydrogen) atoms. The minimum atomic E-state index is -0.906. The molecule has 0 saturated carbocycles. The number of carbonyl (C=O) groups is 1. The average molecular weight is 330 g/mol. The second kappa shape index (κ2) is 5.12. The molecule has 0 aliphatic carbocycles. The number of aryl methyl sites for hydroxylation is 1. The molecule has 1 aromatic carbocycles. The van der Waals surface area contributed by atoms with Crippen molar-refractivity contribution in [1.82, 2.24) is 9.78 Å². The highest BCUT2D eigenvalue weighted by Gasteiger charge is 2.17. The molecule has 0 spiro atoms. The van der Waals surface area contributed by atoms with Crippen LogP contribution in [-0.2, 0) is 18.3 Å². The molecule has 0 radical (unpaired) electrons. The summed E-state index contributed by atoms with van der Waals surface area (Å²) in [4.78, 5) is 10.7. The SMILES string of the molecule is Cn1nc(CC(=O)O)c(Br)c1-c1ccc(Cl)cc1. The van der Waals surface area contributed by atoms with Gasteiger partial charge in [-0.15, -0.1) is 0 Å². The van der Waals surface area contributed by atoms with Crippen LogP contribution >= 0.6 is 27.5 Å². The molecular formula is C12H10BrClN2O2. The third-order valence-corrected chi connectivity index (χ3v) is 3.58. The van der Waals surface area contributed by atoms with Crippen LogP contribution in [0.15, 0.2) is 28.7 Å². The van der Waals surface area contributed by atoms with Crippen LogP contribution in [0.2, 0.25) is 5.02 Å². The Morgan fingerprint density at radius 1 is 1.44 bits per heavy atom. The number of aliphatic carboxylic acids is 1. The first-order chi connectivity index (χ1) is 8.49. The first kappa shape index (κ1) is 13.1. The molecule has 1 N–H and O–H groups in total. The molecule has 4 nitrogen and oxygen atoms in total. The Hall–Kier alpha value is -1.33. The largest absolute Gasteiger partial charge is 0.481 e. The Morgan fingerprint density at radius 2 is 2.06 bits per heavy atom. The summed E-state index contributed by atoms with van der Waals surface area (Å²) in [5, 5.41) is 13.7. The van der Waals surface area contributed by atoms with E-state index in [1.807, 2.05) is 12.1 Å². The van der Waals surface area contributed by atoms with Gasteiger partial charge in [0.15, 0.2) is 0 Å². The van der Waals surface area contributed by atoms with Crippen molar-refractivity contribution in [3.05, 3.63) is 39.5 Å². The smallest absolute Gasteiger partial charge is 0.309 e. The van der Waals surface area contributed by atoms with Gasteiger partial charge in [0.1, 0.15) is 0 Å². The van der Waals surface area contributed by atoms with E-state index in [9.17, 15) is 4.79 Å². The maximum Gasteiger partial charge on any atom is 0.309 e. The summed E-state index contributed by atoms with van der Waals surface area (Å²) in [6, 6.07) is 7.31. The molecule has 1 heterocycles. The van der Waals surface area contributed by atoms with Gasteiger partial charge in [-0.3, -0.25) is 9.48 Å². The third-order valence-electron chi connectivity index (χ3n) is 2.49. The Morgan fingerprint density at radius 3 is 2.61 bits per heavy atom. The fourth-order valence-electron chi connectivity index (χ4n) is 1.73. The van der Waals surface area contributed by atoms with E-state index in [0.29, 0.717) is 15.2 Å². The van der Waals surface area contributed by atoms with E-state index in [2.05, 4.69) is 21.0 Å². The predicted molar refractivity (Wildman–Crippen MR) is 72.7 cm³/mol. The highest BCUT2D eigenvalue weighted by Crippen LogP contribution is 2.31. The van der Waals surface area contributed by atoms with Gasteiger partial charge >= 0.3 is 5.97 Å². The van der Waals surface area contributed by atoms with E-state index in [4.69, 9.17) is 16.7 Å². The molecule has 0 bridgehead atoms. The Labute approximate surface area is 117 Å². The zero-order valence-corrected chi connectivity index (χ0v) is 11.9. The second-order valence-electron chi connectivity index (χ2n) is 3.81. The highest BCUT2D eigenvalue weighted by atomic mass is 79.9. The lowest BCUT2D eigenvalue weighted by atomic mass is 10.1. The van der Waals surface area contributed by atoms with Gasteiger partial charge in [0.05, 0.1) is 22.3 Å². The standard InChI is InChI=1S/C12H10BrClN2O2/c1-16-12(7-2-4-8(14)5-3-7)11(13)9(15-16)6-10(17)18/h2-5H,6H2,1H3,(H,17,18). The zero-order valence-electron chi connectivity index (χ0n) is 9.52. The lowest BCUT2D eigenvalue weighted by molar-refractivity contribution is -0.136. The van der Waals surface area contributed by atoms with Gasteiger partial charge < -0.3 is 5.11 Å². The van der Waals surface area contributed by atoms with Gasteiger partial charge in [0, 0.05) is 17.6 Å². The molecule has 0 unspecified atom stereocenters. The van der Waals surface area contributed by atoms with E-state index in [1.54, 1.807) is 23.9 Å². The fraction of sp³-hybridized carbons (Fsp3) is 0.167. The summed E-state index contributed by atoms with van der Waals surface area (Å²) in [7, 11) is 1.78. The number of carboxylic acids is 1. The van der Waals surface area contributed by atoms with Gasteiger partial charge in [-0.1, -0.05) is 23.7 Å². The number of aromatic nitrogens is 2. The number of hydrogen-bond donors (Lipinski definition) is 1.